The highest BCUT2D eigenvalue weighted by Gasteiger charge is 1.94. The van der Waals surface area contributed by atoms with Crippen molar-refractivity contribution in [1.82, 2.24) is 0 Å². The van der Waals surface area contributed by atoms with Crippen LogP contribution in [0.5, 0.6) is 0 Å². The zero-order valence-electron chi connectivity index (χ0n) is 7.31. The molecule has 11 heavy (non-hydrogen) atoms. The van der Waals surface area contributed by atoms with E-state index in [4.69, 9.17) is 0 Å². The Morgan fingerprint density at radius 1 is 1.45 bits per heavy atom. The van der Waals surface area contributed by atoms with Gasteiger partial charge in [0.25, 0.3) is 0 Å². The van der Waals surface area contributed by atoms with Crippen molar-refractivity contribution in [3.05, 3.63) is 29.2 Å². The highest BCUT2D eigenvalue weighted by atomic mass is 14.7. The molecule has 0 aromatic heterocycles. The van der Waals surface area contributed by atoms with Crippen molar-refractivity contribution in [2.45, 2.75) is 27.2 Å². The standard InChI is InChI=1S/C10H13N/c1-4-10-6-5-8(2)7-9(3)11-10/h6-7H,4H2,1-3H3. The van der Waals surface area contributed by atoms with Gasteiger partial charge in [0.05, 0.1) is 0 Å². The Bertz CT molecular complexity index is 273. The average molecular weight is 147 g/mol. The molecule has 0 aliphatic carbocycles. The second-order valence-corrected chi connectivity index (χ2v) is 2.71. The maximum atomic E-state index is 4.38. The Labute approximate surface area is 67.8 Å². The van der Waals surface area contributed by atoms with Gasteiger partial charge >= 0.3 is 0 Å². The summed E-state index contributed by atoms with van der Waals surface area (Å²) >= 11 is 0. The third kappa shape index (κ3) is 2.21. The van der Waals surface area contributed by atoms with Gasteiger partial charge in [0.2, 0.25) is 0 Å². The molecule has 0 amide bonds. The lowest BCUT2D eigenvalue weighted by Gasteiger charge is -1.93. The maximum absolute atomic E-state index is 4.38. The molecule has 0 N–H and O–H groups in total. The summed E-state index contributed by atoms with van der Waals surface area (Å²) in [6, 6.07) is 0. The van der Waals surface area contributed by atoms with Gasteiger partial charge in [-0.15, -0.1) is 5.73 Å². The molecule has 0 atom stereocenters. The molecule has 0 unspecified atom stereocenters. The first kappa shape index (κ1) is 8.03. The first-order valence-electron chi connectivity index (χ1n) is 3.91. The number of aliphatic imine (C=N–C) groups is 1. The van der Waals surface area contributed by atoms with E-state index in [0.717, 1.165) is 23.4 Å². The molecule has 0 bridgehead atoms. The second-order valence-electron chi connectivity index (χ2n) is 2.71. The van der Waals surface area contributed by atoms with Crippen LogP contribution in [0.4, 0.5) is 0 Å². The van der Waals surface area contributed by atoms with E-state index < -0.39 is 0 Å². The van der Waals surface area contributed by atoms with E-state index in [9.17, 15) is 0 Å². The summed E-state index contributed by atoms with van der Waals surface area (Å²) in [5.41, 5.74) is 6.49. The molecule has 0 fully saturated rings. The molecule has 0 aromatic carbocycles. The first-order chi connectivity index (χ1) is 5.22. The maximum Gasteiger partial charge on any atom is 0.0481 e. The van der Waals surface area contributed by atoms with Crippen molar-refractivity contribution in [2.24, 2.45) is 4.99 Å². The molecule has 1 aliphatic heterocycles. The lowest BCUT2D eigenvalue weighted by Crippen LogP contribution is -1.88. The normalized spacial score (nSPS) is 16.8. The molecule has 58 valence electrons. The molecule has 1 rings (SSSR count). The fourth-order valence-corrected chi connectivity index (χ4v) is 1.02. The lowest BCUT2D eigenvalue weighted by molar-refractivity contribution is 1.22. The van der Waals surface area contributed by atoms with E-state index in [2.05, 4.69) is 17.6 Å². The summed E-state index contributed by atoms with van der Waals surface area (Å²) in [4.78, 5) is 4.38. The number of hydrogen-bond acceptors (Lipinski definition) is 1. The Hall–Kier alpha value is -1.07. The average Bonchev–Trinajstić information content (AvgIpc) is 2.11. The van der Waals surface area contributed by atoms with Crippen LogP contribution >= 0.6 is 0 Å². The highest BCUT2D eigenvalue weighted by molar-refractivity contribution is 5.95. The smallest absolute Gasteiger partial charge is 0.0481 e. The minimum atomic E-state index is 0.978. The largest absolute Gasteiger partial charge is 0.258 e. The molecule has 1 heteroatoms. The Morgan fingerprint density at radius 2 is 2.18 bits per heavy atom. The van der Waals surface area contributed by atoms with Gasteiger partial charge in [0.1, 0.15) is 0 Å². The molecule has 0 saturated heterocycles. The van der Waals surface area contributed by atoms with E-state index in [1.54, 1.807) is 0 Å². The fourth-order valence-electron chi connectivity index (χ4n) is 1.02. The Morgan fingerprint density at radius 3 is 2.82 bits per heavy atom. The van der Waals surface area contributed by atoms with Crippen LogP contribution in [-0.2, 0) is 0 Å². The summed E-state index contributed by atoms with van der Waals surface area (Å²) < 4.78 is 0. The van der Waals surface area contributed by atoms with Crippen LogP contribution in [0.15, 0.2) is 34.1 Å². The summed E-state index contributed by atoms with van der Waals surface area (Å²) in [6.07, 6.45) is 4.98. The molecule has 0 saturated carbocycles. The van der Waals surface area contributed by atoms with Gasteiger partial charge in [-0.2, -0.15) is 0 Å². The molecule has 1 heterocycles. The predicted octanol–water partition coefficient (Wildman–Crippen LogP) is 2.86. The summed E-state index contributed by atoms with van der Waals surface area (Å²) in [5, 5.41) is 0. The molecule has 0 spiro atoms. The zero-order chi connectivity index (χ0) is 8.27. The monoisotopic (exact) mass is 147 g/mol. The van der Waals surface area contributed by atoms with E-state index in [0.29, 0.717) is 0 Å². The predicted molar refractivity (Wildman–Crippen MR) is 48.8 cm³/mol. The van der Waals surface area contributed by atoms with Gasteiger partial charge in [-0.1, -0.05) is 6.92 Å². The van der Waals surface area contributed by atoms with Crippen molar-refractivity contribution < 1.29 is 0 Å². The van der Waals surface area contributed by atoms with Crippen molar-refractivity contribution in [2.75, 3.05) is 0 Å². The molecule has 0 aromatic rings. The van der Waals surface area contributed by atoms with E-state index >= 15 is 0 Å². The zero-order valence-corrected chi connectivity index (χ0v) is 7.31. The molecule has 1 aliphatic rings. The second kappa shape index (κ2) is 3.36. The van der Waals surface area contributed by atoms with Crippen LogP contribution in [0, 0.1) is 0 Å². The molecular weight excluding hydrogens is 134 g/mol. The number of nitrogens with zero attached hydrogens (tertiary/aromatic N) is 1. The van der Waals surface area contributed by atoms with Crippen LogP contribution in [0.1, 0.15) is 27.2 Å². The number of hydrogen-bond donors (Lipinski definition) is 0. The van der Waals surface area contributed by atoms with Crippen LogP contribution in [0.25, 0.3) is 0 Å². The number of rotatable bonds is 1. The first-order valence-corrected chi connectivity index (χ1v) is 3.91. The molecule has 0 radical (unpaired) electrons. The van der Waals surface area contributed by atoms with Crippen molar-refractivity contribution >= 4 is 5.71 Å². The fraction of sp³-hybridized carbons (Fsp3) is 0.400. The van der Waals surface area contributed by atoms with Crippen molar-refractivity contribution in [3.8, 4) is 0 Å². The van der Waals surface area contributed by atoms with Crippen molar-refractivity contribution in [1.29, 1.82) is 0 Å². The SMILES string of the molecule is CCC1=NC(C)=CC(C)=C=C1. The third-order valence-corrected chi connectivity index (χ3v) is 1.57. The van der Waals surface area contributed by atoms with Gasteiger partial charge in [-0.3, -0.25) is 4.99 Å². The molecular formula is C10H13N. The minimum absolute atomic E-state index is 0.978. The Balaban J connectivity index is 3.03. The Kier molecular flexibility index (Phi) is 2.45. The summed E-state index contributed by atoms with van der Waals surface area (Å²) in [5.74, 6) is 0. The van der Waals surface area contributed by atoms with Gasteiger partial charge in [0, 0.05) is 17.5 Å². The lowest BCUT2D eigenvalue weighted by atomic mass is 10.2. The van der Waals surface area contributed by atoms with E-state index in [1.165, 1.54) is 0 Å². The van der Waals surface area contributed by atoms with Crippen LogP contribution in [-0.4, -0.2) is 5.71 Å². The van der Waals surface area contributed by atoms with Crippen molar-refractivity contribution in [3.63, 3.8) is 0 Å². The van der Waals surface area contributed by atoms with Gasteiger partial charge in [-0.25, -0.2) is 0 Å². The van der Waals surface area contributed by atoms with E-state index in [-0.39, 0.29) is 0 Å². The van der Waals surface area contributed by atoms with Crippen LogP contribution < -0.4 is 0 Å². The number of allylic oxidation sites excluding steroid dienone is 3. The van der Waals surface area contributed by atoms with E-state index in [1.807, 2.05) is 26.0 Å². The van der Waals surface area contributed by atoms with Crippen LogP contribution in [0.2, 0.25) is 0 Å². The quantitative estimate of drug-likeness (QED) is 0.506. The minimum Gasteiger partial charge on any atom is -0.258 e. The third-order valence-electron chi connectivity index (χ3n) is 1.57. The summed E-state index contributed by atoms with van der Waals surface area (Å²) in [7, 11) is 0. The van der Waals surface area contributed by atoms with Gasteiger partial charge < -0.3 is 0 Å². The molecule has 1 nitrogen and oxygen atoms in total. The highest BCUT2D eigenvalue weighted by Crippen LogP contribution is 2.07. The van der Waals surface area contributed by atoms with Crippen LogP contribution in [0.3, 0.4) is 0 Å². The van der Waals surface area contributed by atoms with Gasteiger partial charge in [-0.05, 0) is 31.9 Å². The summed E-state index contributed by atoms with van der Waals surface area (Å²) in [6.45, 7) is 6.15. The van der Waals surface area contributed by atoms with Gasteiger partial charge in [0.15, 0.2) is 0 Å². The topological polar surface area (TPSA) is 12.4 Å².